The Morgan fingerprint density at radius 1 is 1.29 bits per heavy atom. The molecule has 3 nitrogen and oxygen atoms in total. The molecular formula is C18H28N2O. The zero-order valence-corrected chi connectivity index (χ0v) is 13.6. The first-order valence-corrected chi connectivity index (χ1v) is 8.16. The standard InChI is InChI=1S/C18H28N2O/c1-14-4-5-16-15(12-14)17(19(2)3)13-18(16)6-8-20(9-7-18)10-11-21/h4-5,12,17,21H,6-11,13H2,1-3H3. The number of nitrogens with zero attached hydrogens (tertiary/aromatic N) is 2. The lowest BCUT2D eigenvalue weighted by Gasteiger charge is -2.40. The quantitative estimate of drug-likeness (QED) is 0.925. The molecule has 0 radical (unpaired) electrons. The molecule has 1 aliphatic heterocycles. The molecule has 1 aromatic carbocycles. The van der Waals surface area contributed by atoms with Gasteiger partial charge in [-0.25, -0.2) is 0 Å². The van der Waals surface area contributed by atoms with Gasteiger partial charge in [-0.15, -0.1) is 0 Å². The molecular weight excluding hydrogens is 260 g/mol. The predicted molar refractivity (Wildman–Crippen MR) is 86.7 cm³/mol. The minimum Gasteiger partial charge on any atom is -0.395 e. The van der Waals surface area contributed by atoms with Gasteiger partial charge in [0.25, 0.3) is 0 Å². The Balaban J connectivity index is 1.89. The molecule has 2 aliphatic rings. The number of hydrogen-bond donors (Lipinski definition) is 1. The Kier molecular flexibility index (Phi) is 4.08. The summed E-state index contributed by atoms with van der Waals surface area (Å²) in [6.45, 7) is 5.54. The fourth-order valence-corrected chi connectivity index (χ4v) is 4.31. The van der Waals surface area contributed by atoms with Gasteiger partial charge in [0.15, 0.2) is 0 Å². The van der Waals surface area contributed by atoms with Gasteiger partial charge in [0.05, 0.1) is 6.61 Å². The van der Waals surface area contributed by atoms with Crippen molar-refractivity contribution >= 4 is 0 Å². The minimum absolute atomic E-state index is 0.281. The van der Waals surface area contributed by atoms with Gasteiger partial charge in [-0.2, -0.15) is 0 Å². The van der Waals surface area contributed by atoms with Crippen molar-refractivity contribution < 1.29 is 5.11 Å². The van der Waals surface area contributed by atoms with Crippen LogP contribution in [0.2, 0.25) is 0 Å². The molecule has 1 aliphatic carbocycles. The first-order chi connectivity index (χ1) is 10.1. The molecule has 1 saturated heterocycles. The van der Waals surface area contributed by atoms with E-state index >= 15 is 0 Å². The molecule has 1 atom stereocenters. The minimum atomic E-state index is 0.281. The maximum atomic E-state index is 9.13. The molecule has 0 saturated carbocycles. The summed E-state index contributed by atoms with van der Waals surface area (Å²) in [7, 11) is 4.41. The van der Waals surface area contributed by atoms with Crippen LogP contribution < -0.4 is 0 Å². The highest BCUT2D eigenvalue weighted by molar-refractivity contribution is 5.44. The number of hydrogen-bond acceptors (Lipinski definition) is 3. The van der Waals surface area contributed by atoms with E-state index in [1.165, 1.54) is 24.8 Å². The molecule has 1 fully saturated rings. The van der Waals surface area contributed by atoms with Crippen LogP contribution in [0, 0.1) is 6.92 Å². The number of piperidine rings is 1. The molecule has 1 heterocycles. The van der Waals surface area contributed by atoms with Gasteiger partial charge in [0, 0.05) is 12.6 Å². The van der Waals surface area contributed by atoms with E-state index < -0.39 is 0 Å². The smallest absolute Gasteiger partial charge is 0.0558 e. The van der Waals surface area contributed by atoms with E-state index in [0.29, 0.717) is 11.5 Å². The zero-order chi connectivity index (χ0) is 15.0. The van der Waals surface area contributed by atoms with Gasteiger partial charge >= 0.3 is 0 Å². The fourth-order valence-electron chi connectivity index (χ4n) is 4.31. The van der Waals surface area contributed by atoms with E-state index in [1.54, 1.807) is 11.1 Å². The molecule has 116 valence electrons. The van der Waals surface area contributed by atoms with Crippen molar-refractivity contribution in [3.05, 3.63) is 34.9 Å². The second-order valence-corrected chi connectivity index (χ2v) is 7.12. The Hall–Kier alpha value is -0.900. The number of aliphatic hydroxyl groups is 1. The van der Waals surface area contributed by atoms with Gasteiger partial charge in [0.1, 0.15) is 0 Å². The summed E-state index contributed by atoms with van der Waals surface area (Å²) in [4.78, 5) is 4.79. The number of aryl methyl sites for hydroxylation is 1. The normalized spacial score (nSPS) is 24.7. The SMILES string of the molecule is Cc1ccc2c(c1)C(N(C)C)CC21CCN(CCO)CC1. The molecule has 1 unspecified atom stereocenters. The van der Waals surface area contributed by atoms with Gasteiger partial charge in [-0.1, -0.05) is 23.8 Å². The Morgan fingerprint density at radius 3 is 2.62 bits per heavy atom. The van der Waals surface area contributed by atoms with Crippen molar-refractivity contribution in [2.75, 3.05) is 40.3 Å². The first-order valence-electron chi connectivity index (χ1n) is 8.16. The van der Waals surface area contributed by atoms with Crippen molar-refractivity contribution in [3.8, 4) is 0 Å². The van der Waals surface area contributed by atoms with E-state index in [1.807, 2.05) is 0 Å². The zero-order valence-electron chi connectivity index (χ0n) is 13.6. The van der Waals surface area contributed by atoms with Gasteiger partial charge in [-0.3, -0.25) is 0 Å². The molecule has 0 amide bonds. The Labute approximate surface area is 128 Å². The summed E-state index contributed by atoms with van der Waals surface area (Å²) < 4.78 is 0. The third-order valence-electron chi connectivity index (χ3n) is 5.57. The third-order valence-corrected chi connectivity index (χ3v) is 5.57. The van der Waals surface area contributed by atoms with Crippen LogP contribution >= 0.6 is 0 Å². The van der Waals surface area contributed by atoms with E-state index in [2.05, 4.69) is 49.0 Å². The second-order valence-electron chi connectivity index (χ2n) is 7.12. The summed E-state index contributed by atoms with van der Waals surface area (Å²) in [5, 5.41) is 9.13. The van der Waals surface area contributed by atoms with E-state index in [-0.39, 0.29) is 6.61 Å². The predicted octanol–water partition coefficient (Wildman–Crippen LogP) is 2.33. The van der Waals surface area contributed by atoms with Crippen LogP contribution in [0.25, 0.3) is 0 Å². The molecule has 3 rings (SSSR count). The summed E-state index contributed by atoms with van der Waals surface area (Å²) in [5.41, 5.74) is 4.88. The summed E-state index contributed by atoms with van der Waals surface area (Å²) in [5.74, 6) is 0. The fraction of sp³-hybridized carbons (Fsp3) is 0.667. The number of rotatable bonds is 3. The Bertz CT molecular complexity index is 504. The number of benzene rings is 1. The lowest BCUT2D eigenvalue weighted by atomic mass is 9.73. The highest BCUT2D eigenvalue weighted by Gasteiger charge is 2.45. The summed E-state index contributed by atoms with van der Waals surface area (Å²) in [6, 6.07) is 7.62. The third kappa shape index (κ3) is 2.63. The van der Waals surface area contributed by atoms with E-state index in [9.17, 15) is 0 Å². The highest BCUT2D eigenvalue weighted by Crippen LogP contribution is 2.52. The van der Waals surface area contributed by atoms with Crippen molar-refractivity contribution in [2.45, 2.75) is 37.6 Å². The van der Waals surface area contributed by atoms with Crippen LogP contribution in [0.1, 0.15) is 42.0 Å². The summed E-state index contributed by atoms with van der Waals surface area (Å²) in [6.07, 6.45) is 3.71. The van der Waals surface area contributed by atoms with E-state index in [0.717, 1.165) is 19.6 Å². The lowest BCUT2D eigenvalue weighted by Crippen LogP contribution is -2.42. The largest absolute Gasteiger partial charge is 0.395 e. The maximum Gasteiger partial charge on any atom is 0.0558 e. The number of β-amino-alcohol motifs (C(OH)–C–C–N with tert-alkyl or cyclic N) is 1. The van der Waals surface area contributed by atoms with Crippen molar-refractivity contribution in [1.29, 1.82) is 0 Å². The molecule has 1 spiro atoms. The van der Waals surface area contributed by atoms with Crippen LogP contribution in [-0.2, 0) is 5.41 Å². The topological polar surface area (TPSA) is 26.7 Å². The van der Waals surface area contributed by atoms with E-state index in [4.69, 9.17) is 5.11 Å². The second kappa shape index (κ2) is 5.71. The number of fused-ring (bicyclic) bond motifs is 2. The highest BCUT2D eigenvalue weighted by atomic mass is 16.3. The van der Waals surface area contributed by atoms with Crippen LogP contribution in [0.15, 0.2) is 18.2 Å². The van der Waals surface area contributed by atoms with Crippen molar-refractivity contribution in [1.82, 2.24) is 9.80 Å². The lowest BCUT2D eigenvalue weighted by molar-refractivity contribution is 0.119. The number of aliphatic hydroxyl groups excluding tert-OH is 1. The van der Waals surface area contributed by atoms with Gasteiger partial charge < -0.3 is 14.9 Å². The van der Waals surface area contributed by atoms with Crippen molar-refractivity contribution in [3.63, 3.8) is 0 Å². The van der Waals surface area contributed by atoms with Crippen LogP contribution in [-0.4, -0.2) is 55.2 Å². The molecule has 3 heteroatoms. The van der Waals surface area contributed by atoms with Crippen LogP contribution in [0.5, 0.6) is 0 Å². The van der Waals surface area contributed by atoms with Crippen LogP contribution in [0.3, 0.4) is 0 Å². The monoisotopic (exact) mass is 288 g/mol. The van der Waals surface area contributed by atoms with Gasteiger partial charge in [0.2, 0.25) is 0 Å². The molecule has 21 heavy (non-hydrogen) atoms. The molecule has 0 bridgehead atoms. The molecule has 1 aromatic rings. The number of likely N-dealkylation sites (tertiary alicyclic amines) is 1. The summed E-state index contributed by atoms with van der Waals surface area (Å²) >= 11 is 0. The van der Waals surface area contributed by atoms with Crippen molar-refractivity contribution in [2.24, 2.45) is 0 Å². The average Bonchev–Trinajstić information content (AvgIpc) is 2.76. The Morgan fingerprint density at radius 2 is 2.00 bits per heavy atom. The first kappa shape index (κ1) is 15.0. The molecule has 1 N–H and O–H groups in total. The maximum absolute atomic E-state index is 9.13. The average molecular weight is 288 g/mol. The molecule has 0 aromatic heterocycles. The van der Waals surface area contributed by atoms with Crippen LogP contribution in [0.4, 0.5) is 0 Å². The van der Waals surface area contributed by atoms with Gasteiger partial charge in [-0.05, 0) is 69.9 Å².